The highest BCUT2D eigenvalue weighted by Gasteiger charge is 2.33. The molecule has 2 N–H and O–H groups in total. The molecular weight excluding hydrogens is 254 g/mol. The number of aromatic nitrogens is 1. The number of carbonyl (C=O) groups is 1. The molecule has 0 unspecified atom stereocenters. The predicted octanol–water partition coefficient (Wildman–Crippen LogP) is 1.92. The fourth-order valence-electron chi connectivity index (χ4n) is 2.40. The van der Waals surface area contributed by atoms with Crippen LogP contribution in [0.5, 0.6) is 0 Å². The second-order valence-electron chi connectivity index (χ2n) is 6.20. The van der Waals surface area contributed by atoms with Gasteiger partial charge in [-0.3, -0.25) is 4.79 Å². The van der Waals surface area contributed by atoms with E-state index in [1.54, 1.807) is 6.20 Å². The normalized spacial score (nSPS) is 23.5. The number of esters is 1. The Hall–Kier alpha value is -1.62. The van der Waals surface area contributed by atoms with Crippen molar-refractivity contribution in [1.82, 2.24) is 4.98 Å². The van der Waals surface area contributed by atoms with Gasteiger partial charge in [-0.15, -0.1) is 0 Å². The average molecular weight is 277 g/mol. The molecule has 2 atom stereocenters. The summed E-state index contributed by atoms with van der Waals surface area (Å²) >= 11 is 0. The highest BCUT2D eigenvalue weighted by atomic mass is 16.6. The molecule has 1 saturated heterocycles. The molecule has 1 aliphatic rings. The van der Waals surface area contributed by atoms with E-state index < -0.39 is 5.60 Å². The Kier molecular flexibility index (Phi) is 4.28. The molecule has 0 saturated carbocycles. The molecule has 1 aromatic rings. The molecule has 5 heteroatoms. The number of nitrogens with two attached hydrogens (primary N) is 1. The van der Waals surface area contributed by atoms with Crippen molar-refractivity contribution >= 4 is 11.8 Å². The molecule has 1 aliphatic heterocycles. The van der Waals surface area contributed by atoms with Crippen molar-refractivity contribution in [2.24, 2.45) is 11.7 Å². The molecule has 0 radical (unpaired) electrons. The smallest absolute Gasteiger partial charge is 0.309 e. The van der Waals surface area contributed by atoms with Crippen LogP contribution in [0, 0.1) is 5.92 Å². The van der Waals surface area contributed by atoms with Crippen molar-refractivity contribution < 1.29 is 9.53 Å². The summed E-state index contributed by atoms with van der Waals surface area (Å²) in [5.41, 5.74) is 5.74. The topological polar surface area (TPSA) is 68.5 Å². The standard InChI is InChI=1S/C15H23N3O2/c1-15(2,3)20-14(19)11-7-9-18(12(16)10-11)13-6-4-5-8-17-13/h4-6,8,11-12H,7,9-10,16H2,1-3H3/t11-,12+/m1/s1. The van der Waals surface area contributed by atoms with Crippen LogP contribution in [0.4, 0.5) is 5.82 Å². The lowest BCUT2D eigenvalue weighted by Crippen LogP contribution is -2.50. The summed E-state index contributed by atoms with van der Waals surface area (Å²) < 4.78 is 5.44. The molecule has 2 heterocycles. The lowest BCUT2D eigenvalue weighted by molar-refractivity contribution is -0.161. The molecule has 2 rings (SSSR count). The lowest BCUT2D eigenvalue weighted by atomic mass is 9.94. The first-order valence-corrected chi connectivity index (χ1v) is 7.03. The van der Waals surface area contributed by atoms with Crippen molar-refractivity contribution in [3.63, 3.8) is 0 Å². The zero-order chi connectivity index (χ0) is 14.8. The fourth-order valence-corrected chi connectivity index (χ4v) is 2.40. The number of rotatable bonds is 2. The van der Waals surface area contributed by atoms with Gasteiger partial charge in [0.1, 0.15) is 11.4 Å². The van der Waals surface area contributed by atoms with Gasteiger partial charge in [-0.2, -0.15) is 0 Å². The maximum Gasteiger partial charge on any atom is 0.309 e. The first kappa shape index (κ1) is 14.8. The summed E-state index contributed by atoms with van der Waals surface area (Å²) in [6, 6.07) is 5.76. The van der Waals surface area contributed by atoms with Crippen molar-refractivity contribution in [2.75, 3.05) is 11.4 Å². The van der Waals surface area contributed by atoms with E-state index in [0.717, 1.165) is 18.8 Å². The quantitative estimate of drug-likeness (QED) is 0.836. The highest BCUT2D eigenvalue weighted by molar-refractivity contribution is 5.73. The first-order chi connectivity index (χ1) is 9.37. The van der Waals surface area contributed by atoms with Crippen molar-refractivity contribution in [1.29, 1.82) is 0 Å². The molecule has 1 fully saturated rings. The third-order valence-electron chi connectivity index (χ3n) is 3.33. The molecule has 0 amide bonds. The molecule has 5 nitrogen and oxygen atoms in total. The van der Waals surface area contributed by atoms with Gasteiger partial charge in [-0.25, -0.2) is 4.98 Å². The summed E-state index contributed by atoms with van der Waals surface area (Å²) in [4.78, 5) is 18.4. The Morgan fingerprint density at radius 2 is 2.20 bits per heavy atom. The van der Waals surface area contributed by atoms with E-state index in [9.17, 15) is 4.79 Å². The number of piperidine rings is 1. The molecule has 0 aliphatic carbocycles. The van der Waals surface area contributed by atoms with Gasteiger partial charge in [0.05, 0.1) is 12.1 Å². The van der Waals surface area contributed by atoms with Crippen molar-refractivity contribution in [3.8, 4) is 0 Å². The van der Waals surface area contributed by atoms with Crippen LogP contribution in [0.15, 0.2) is 24.4 Å². The summed E-state index contributed by atoms with van der Waals surface area (Å²) in [7, 11) is 0. The van der Waals surface area contributed by atoms with Gasteiger partial charge in [0, 0.05) is 12.7 Å². The second kappa shape index (κ2) is 5.79. The zero-order valence-corrected chi connectivity index (χ0v) is 12.4. The SMILES string of the molecule is CC(C)(C)OC(=O)[C@@H]1CCN(c2ccccn2)[C@H](N)C1. The van der Waals surface area contributed by atoms with Gasteiger partial charge in [-0.05, 0) is 45.7 Å². The number of hydrogen-bond donors (Lipinski definition) is 1. The van der Waals surface area contributed by atoms with E-state index in [4.69, 9.17) is 10.5 Å². The van der Waals surface area contributed by atoms with E-state index in [1.807, 2.05) is 43.9 Å². The van der Waals surface area contributed by atoms with Crippen LogP contribution >= 0.6 is 0 Å². The van der Waals surface area contributed by atoms with Gasteiger partial charge < -0.3 is 15.4 Å². The molecule has 1 aromatic heterocycles. The van der Waals surface area contributed by atoms with Crippen LogP contribution in [0.3, 0.4) is 0 Å². The van der Waals surface area contributed by atoms with E-state index in [2.05, 4.69) is 4.98 Å². The van der Waals surface area contributed by atoms with E-state index in [-0.39, 0.29) is 18.1 Å². The minimum atomic E-state index is -0.445. The van der Waals surface area contributed by atoms with Crippen LogP contribution in [0.1, 0.15) is 33.6 Å². The van der Waals surface area contributed by atoms with Gasteiger partial charge >= 0.3 is 5.97 Å². The summed E-state index contributed by atoms with van der Waals surface area (Å²) in [5, 5.41) is 0. The zero-order valence-electron chi connectivity index (χ0n) is 12.4. The van der Waals surface area contributed by atoms with Crippen LogP contribution in [0.2, 0.25) is 0 Å². The minimum absolute atomic E-state index is 0.121. The van der Waals surface area contributed by atoms with Gasteiger partial charge in [0.15, 0.2) is 0 Å². The Labute approximate surface area is 120 Å². The molecule has 20 heavy (non-hydrogen) atoms. The third-order valence-corrected chi connectivity index (χ3v) is 3.33. The monoisotopic (exact) mass is 277 g/mol. The van der Waals surface area contributed by atoms with Crippen molar-refractivity contribution in [2.45, 2.75) is 45.4 Å². The van der Waals surface area contributed by atoms with Crippen molar-refractivity contribution in [3.05, 3.63) is 24.4 Å². The number of nitrogens with zero attached hydrogens (tertiary/aromatic N) is 2. The largest absolute Gasteiger partial charge is 0.460 e. The Morgan fingerprint density at radius 3 is 2.75 bits per heavy atom. The van der Waals surface area contributed by atoms with Crippen LogP contribution in [-0.2, 0) is 9.53 Å². The molecule has 0 spiro atoms. The summed E-state index contributed by atoms with van der Waals surface area (Å²) in [5.74, 6) is 0.598. The predicted molar refractivity (Wildman–Crippen MR) is 78.1 cm³/mol. The van der Waals surface area contributed by atoms with Gasteiger partial charge in [-0.1, -0.05) is 6.07 Å². The number of hydrogen-bond acceptors (Lipinski definition) is 5. The first-order valence-electron chi connectivity index (χ1n) is 7.03. The van der Waals surface area contributed by atoms with Crippen LogP contribution in [-0.4, -0.2) is 29.3 Å². The highest BCUT2D eigenvalue weighted by Crippen LogP contribution is 2.26. The number of pyridine rings is 1. The Bertz CT molecular complexity index is 456. The maximum absolute atomic E-state index is 12.1. The maximum atomic E-state index is 12.1. The minimum Gasteiger partial charge on any atom is -0.460 e. The average Bonchev–Trinajstić information content (AvgIpc) is 2.37. The van der Waals surface area contributed by atoms with Gasteiger partial charge in [0.25, 0.3) is 0 Å². The molecular formula is C15H23N3O2. The Balaban J connectivity index is 1.97. The van der Waals surface area contributed by atoms with Crippen LogP contribution < -0.4 is 10.6 Å². The number of carbonyl (C=O) groups excluding carboxylic acids is 1. The Morgan fingerprint density at radius 1 is 1.45 bits per heavy atom. The molecule has 0 aromatic carbocycles. The van der Waals surface area contributed by atoms with E-state index in [1.165, 1.54) is 0 Å². The number of anilines is 1. The lowest BCUT2D eigenvalue weighted by Gasteiger charge is -2.37. The summed E-state index contributed by atoms with van der Waals surface area (Å²) in [6.07, 6.45) is 2.91. The van der Waals surface area contributed by atoms with E-state index >= 15 is 0 Å². The van der Waals surface area contributed by atoms with Crippen LogP contribution in [0.25, 0.3) is 0 Å². The van der Waals surface area contributed by atoms with E-state index in [0.29, 0.717) is 6.42 Å². The fraction of sp³-hybridized carbons (Fsp3) is 0.600. The summed E-state index contributed by atoms with van der Waals surface area (Å²) in [6.45, 7) is 6.37. The third kappa shape index (κ3) is 3.70. The molecule has 110 valence electrons. The number of ether oxygens (including phenoxy) is 1. The van der Waals surface area contributed by atoms with Gasteiger partial charge in [0.2, 0.25) is 0 Å². The molecule has 0 bridgehead atoms. The second-order valence-corrected chi connectivity index (χ2v) is 6.20.